The van der Waals surface area contributed by atoms with Gasteiger partial charge in [-0.2, -0.15) is 0 Å². The Balaban J connectivity index is 1.50. The minimum absolute atomic E-state index is 0.0563. The summed E-state index contributed by atoms with van der Waals surface area (Å²) in [7, 11) is 0. The molecule has 2 heterocycles. The Morgan fingerprint density at radius 1 is 1.25 bits per heavy atom. The Morgan fingerprint density at radius 3 is 2.89 bits per heavy atom. The Morgan fingerprint density at radius 2 is 2.07 bits per heavy atom. The third-order valence-electron chi connectivity index (χ3n) is 5.12. The van der Waals surface area contributed by atoms with Gasteiger partial charge >= 0.3 is 0 Å². The number of aromatic amines is 1. The van der Waals surface area contributed by atoms with Gasteiger partial charge in [-0.1, -0.05) is 35.9 Å². The first-order chi connectivity index (χ1) is 13.5. The lowest BCUT2D eigenvalue weighted by molar-refractivity contribution is -0.138. The monoisotopic (exact) mass is 396 g/mol. The number of amides is 1. The molecule has 1 saturated heterocycles. The van der Waals surface area contributed by atoms with Crippen LogP contribution in [0.2, 0.25) is 5.02 Å². The normalized spacial score (nSPS) is 17.1. The van der Waals surface area contributed by atoms with Crippen molar-refractivity contribution in [1.29, 1.82) is 0 Å². The summed E-state index contributed by atoms with van der Waals surface area (Å²) in [6.07, 6.45) is 0.0966. The average Bonchev–Trinajstić information content (AvgIpc) is 2.69. The third-order valence-corrected chi connectivity index (χ3v) is 5.47. The van der Waals surface area contributed by atoms with Crippen LogP contribution in [0.3, 0.4) is 0 Å². The number of nitrogens with one attached hydrogen (secondary N) is 1. The van der Waals surface area contributed by atoms with E-state index in [0.29, 0.717) is 36.7 Å². The van der Waals surface area contributed by atoms with Gasteiger partial charge in [0.05, 0.1) is 19.6 Å². The van der Waals surface area contributed by atoms with Gasteiger partial charge in [-0.05, 0) is 42.1 Å². The van der Waals surface area contributed by atoms with Gasteiger partial charge in [0, 0.05) is 28.2 Å². The highest BCUT2D eigenvalue weighted by Crippen LogP contribution is 2.28. The number of nitrogens with zero attached hydrogens (tertiary/aromatic N) is 1. The number of morpholine rings is 1. The molecule has 0 aliphatic carbocycles. The van der Waals surface area contributed by atoms with E-state index in [1.54, 1.807) is 6.92 Å². The molecule has 6 heteroatoms. The number of fused-ring (bicyclic) bond motifs is 1. The number of hydrogen-bond acceptors (Lipinski definition) is 3. The highest BCUT2D eigenvalue weighted by atomic mass is 35.5. The minimum Gasteiger partial charge on any atom is -0.370 e. The maximum absolute atomic E-state index is 12.9. The fourth-order valence-electron chi connectivity index (χ4n) is 3.56. The van der Waals surface area contributed by atoms with E-state index in [0.717, 1.165) is 22.0 Å². The molecule has 5 nitrogen and oxygen atoms in total. The second-order valence-corrected chi connectivity index (χ2v) is 7.51. The molecule has 1 atom stereocenters. The lowest BCUT2D eigenvalue weighted by Gasteiger charge is -2.33. The Labute approximate surface area is 167 Å². The van der Waals surface area contributed by atoms with Crippen molar-refractivity contribution in [2.45, 2.75) is 19.4 Å². The van der Waals surface area contributed by atoms with Crippen molar-refractivity contribution in [3.63, 3.8) is 0 Å². The highest BCUT2D eigenvalue weighted by Gasteiger charge is 2.26. The van der Waals surface area contributed by atoms with E-state index in [9.17, 15) is 9.59 Å². The zero-order valence-corrected chi connectivity index (χ0v) is 16.3. The molecular weight excluding hydrogens is 376 g/mol. The molecule has 1 fully saturated rings. The number of aryl methyl sites for hydroxylation is 1. The van der Waals surface area contributed by atoms with Crippen molar-refractivity contribution in [2.24, 2.45) is 0 Å². The van der Waals surface area contributed by atoms with Crippen LogP contribution in [0, 0.1) is 6.92 Å². The fourth-order valence-corrected chi connectivity index (χ4v) is 3.82. The van der Waals surface area contributed by atoms with Gasteiger partial charge in [0.1, 0.15) is 6.10 Å². The number of carbonyl (C=O) groups is 1. The molecule has 3 aromatic rings. The van der Waals surface area contributed by atoms with Gasteiger partial charge in [0.25, 0.3) is 5.56 Å². The first-order valence-corrected chi connectivity index (χ1v) is 9.65. The Hall–Kier alpha value is -2.63. The highest BCUT2D eigenvalue weighted by molar-refractivity contribution is 6.31. The molecule has 1 N–H and O–H groups in total. The molecule has 1 aromatic heterocycles. The SMILES string of the molecule is Cc1cc2cc(CC(=O)N3CCOC(c4ccccc4Cl)C3)ccc2[nH]c1=O. The van der Waals surface area contributed by atoms with Crippen LogP contribution in [0.25, 0.3) is 10.9 Å². The van der Waals surface area contributed by atoms with E-state index in [1.165, 1.54) is 0 Å². The van der Waals surface area contributed by atoms with E-state index in [-0.39, 0.29) is 17.6 Å². The first kappa shape index (κ1) is 18.7. The molecule has 1 unspecified atom stereocenters. The van der Waals surface area contributed by atoms with Crippen molar-refractivity contribution >= 4 is 28.4 Å². The van der Waals surface area contributed by atoms with Crippen LogP contribution in [0.5, 0.6) is 0 Å². The first-order valence-electron chi connectivity index (χ1n) is 9.27. The molecule has 0 saturated carbocycles. The van der Waals surface area contributed by atoms with E-state index in [1.807, 2.05) is 53.4 Å². The topological polar surface area (TPSA) is 62.4 Å². The Bertz CT molecular complexity index is 1090. The van der Waals surface area contributed by atoms with Crippen LogP contribution in [0.15, 0.2) is 53.3 Å². The molecule has 0 spiro atoms. The summed E-state index contributed by atoms with van der Waals surface area (Å²) in [6.45, 7) is 3.32. The minimum atomic E-state index is -0.212. The summed E-state index contributed by atoms with van der Waals surface area (Å²) in [5, 5.41) is 1.58. The van der Waals surface area contributed by atoms with Crippen molar-refractivity contribution < 1.29 is 9.53 Å². The quantitative estimate of drug-likeness (QED) is 0.735. The van der Waals surface area contributed by atoms with Crippen LogP contribution in [0.4, 0.5) is 0 Å². The lowest BCUT2D eigenvalue weighted by Crippen LogP contribution is -2.43. The number of ether oxygens (including phenoxy) is 1. The summed E-state index contributed by atoms with van der Waals surface area (Å²) in [5.41, 5.74) is 3.18. The average molecular weight is 397 g/mol. The van der Waals surface area contributed by atoms with Gasteiger partial charge in [-0.25, -0.2) is 0 Å². The molecule has 1 amide bonds. The lowest BCUT2D eigenvalue weighted by atomic mass is 10.0. The maximum atomic E-state index is 12.9. The fraction of sp³-hybridized carbons (Fsp3) is 0.273. The van der Waals surface area contributed by atoms with Crippen LogP contribution in [-0.2, 0) is 16.0 Å². The molecule has 1 aliphatic heterocycles. The molecule has 2 aromatic carbocycles. The number of rotatable bonds is 3. The van der Waals surface area contributed by atoms with E-state index < -0.39 is 0 Å². The van der Waals surface area contributed by atoms with Crippen LogP contribution >= 0.6 is 11.6 Å². The zero-order valence-electron chi connectivity index (χ0n) is 15.6. The number of benzene rings is 2. The molecule has 4 rings (SSSR count). The number of pyridine rings is 1. The van der Waals surface area contributed by atoms with E-state index >= 15 is 0 Å². The number of carbonyl (C=O) groups excluding carboxylic acids is 1. The second kappa shape index (κ2) is 7.78. The van der Waals surface area contributed by atoms with Crippen LogP contribution < -0.4 is 5.56 Å². The number of halogens is 1. The van der Waals surface area contributed by atoms with Gasteiger partial charge in [-0.3, -0.25) is 9.59 Å². The summed E-state index contributed by atoms with van der Waals surface area (Å²) in [5.74, 6) is 0.0563. The largest absolute Gasteiger partial charge is 0.370 e. The van der Waals surface area contributed by atoms with Gasteiger partial charge in [-0.15, -0.1) is 0 Å². The summed E-state index contributed by atoms with van der Waals surface area (Å²) >= 11 is 6.29. The summed E-state index contributed by atoms with van der Waals surface area (Å²) in [6, 6.07) is 15.1. The van der Waals surface area contributed by atoms with E-state index in [2.05, 4.69) is 4.98 Å². The molecule has 1 aliphatic rings. The maximum Gasteiger partial charge on any atom is 0.251 e. The van der Waals surface area contributed by atoms with Gasteiger partial charge < -0.3 is 14.6 Å². The molecule has 28 heavy (non-hydrogen) atoms. The summed E-state index contributed by atoms with van der Waals surface area (Å²) < 4.78 is 5.85. The number of aromatic nitrogens is 1. The third kappa shape index (κ3) is 3.81. The molecule has 0 bridgehead atoms. The zero-order chi connectivity index (χ0) is 19.7. The molecular formula is C22H21ClN2O3. The molecule has 144 valence electrons. The van der Waals surface area contributed by atoms with Crippen molar-refractivity contribution in [2.75, 3.05) is 19.7 Å². The predicted molar refractivity (Wildman–Crippen MR) is 110 cm³/mol. The van der Waals surface area contributed by atoms with Gasteiger partial charge in [0.15, 0.2) is 0 Å². The Kier molecular flexibility index (Phi) is 5.20. The van der Waals surface area contributed by atoms with Gasteiger partial charge in [0.2, 0.25) is 5.91 Å². The van der Waals surface area contributed by atoms with Crippen molar-refractivity contribution in [3.8, 4) is 0 Å². The number of hydrogen-bond donors (Lipinski definition) is 1. The molecule has 0 radical (unpaired) electrons. The van der Waals surface area contributed by atoms with Crippen LogP contribution in [0.1, 0.15) is 22.8 Å². The van der Waals surface area contributed by atoms with Crippen LogP contribution in [-0.4, -0.2) is 35.5 Å². The standard InChI is InChI=1S/C22H21ClN2O3/c1-14-10-16-11-15(6-7-19(16)24-22(14)27)12-21(26)25-8-9-28-20(13-25)17-4-2-3-5-18(17)23/h2-7,10-11,20H,8-9,12-13H2,1H3,(H,24,27). The van der Waals surface area contributed by atoms with Crippen molar-refractivity contribution in [3.05, 3.63) is 80.6 Å². The predicted octanol–water partition coefficient (Wildman–Crippen LogP) is 3.63. The smallest absolute Gasteiger partial charge is 0.251 e. The summed E-state index contributed by atoms with van der Waals surface area (Å²) in [4.78, 5) is 29.3. The van der Waals surface area contributed by atoms with E-state index in [4.69, 9.17) is 16.3 Å². The second-order valence-electron chi connectivity index (χ2n) is 7.10. The number of H-pyrrole nitrogens is 1. The van der Waals surface area contributed by atoms with Crippen molar-refractivity contribution in [1.82, 2.24) is 9.88 Å².